The molecule has 32 heavy (non-hydrogen) atoms. The topological polar surface area (TPSA) is 68.5 Å². The van der Waals surface area contributed by atoms with Crippen molar-refractivity contribution in [3.05, 3.63) is 101 Å². The van der Waals surface area contributed by atoms with Crippen molar-refractivity contribution in [2.75, 3.05) is 7.11 Å². The second-order valence-electron chi connectivity index (χ2n) is 7.04. The van der Waals surface area contributed by atoms with Crippen LogP contribution in [0.25, 0.3) is 16.9 Å². The van der Waals surface area contributed by atoms with E-state index in [1.165, 1.54) is 0 Å². The van der Waals surface area contributed by atoms with E-state index in [2.05, 4.69) is 15.6 Å². The van der Waals surface area contributed by atoms with E-state index < -0.39 is 0 Å². The highest BCUT2D eigenvalue weighted by atomic mass is 35.5. The van der Waals surface area contributed by atoms with Gasteiger partial charge in [-0.25, -0.2) is 10.1 Å². The van der Waals surface area contributed by atoms with Gasteiger partial charge in [0, 0.05) is 10.6 Å². The van der Waals surface area contributed by atoms with E-state index >= 15 is 0 Å². The maximum Gasteiger partial charge on any atom is 0.290 e. The molecule has 1 N–H and O–H groups in total. The molecule has 0 unspecified atom stereocenters. The summed E-state index contributed by atoms with van der Waals surface area (Å²) in [5.41, 5.74) is 6.85. The van der Waals surface area contributed by atoms with Crippen LogP contribution < -0.4 is 10.2 Å². The fraction of sp³-hybridized carbons (Fsp3) is 0.0800. The molecule has 1 heterocycles. The largest absolute Gasteiger partial charge is 0.497 e. The van der Waals surface area contributed by atoms with Crippen LogP contribution in [0.3, 0.4) is 0 Å². The number of nitrogens with one attached hydrogen (secondary N) is 1. The van der Waals surface area contributed by atoms with Gasteiger partial charge in [0.05, 0.1) is 24.2 Å². The molecule has 0 spiro atoms. The summed E-state index contributed by atoms with van der Waals surface area (Å²) in [5.74, 6) is 0.385. The number of ether oxygens (including phenoxy) is 1. The number of carbonyl (C=O) groups excluding carboxylic acids is 1. The van der Waals surface area contributed by atoms with Gasteiger partial charge < -0.3 is 4.74 Å². The fourth-order valence-corrected chi connectivity index (χ4v) is 3.29. The Balaban J connectivity index is 1.66. The minimum atomic E-state index is -0.366. The van der Waals surface area contributed by atoms with E-state index in [0.717, 1.165) is 22.6 Å². The molecule has 0 bridgehead atoms. The molecule has 3 aromatic carbocycles. The smallest absolute Gasteiger partial charge is 0.290 e. The van der Waals surface area contributed by atoms with Gasteiger partial charge in [0.25, 0.3) is 5.91 Å². The van der Waals surface area contributed by atoms with Gasteiger partial charge in [-0.1, -0.05) is 41.9 Å². The van der Waals surface area contributed by atoms with Crippen molar-refractivity contribution in [2.45, 2.75) is 6.92 Å². The summed E-state index contributed by atoms with van der Waals surface area (Å²) in [6.45, 7) is 1.82. The summed E-state index contributed by atoms with van der Waals surface area (Å²) < 4.78 is 6.84. The highest BCUT2D eigenvalue weighted by Crippen LogP contribution is 2.24. The average molecular weight is 445 g/mol. The third kappa shape index (κ3) is 4.71. The number of aromatic nitrogens is 2. The maximum atomic E-state index is 13.1. The number of hydrogen-bond donors (Lipinski definition) is 1. The van der Waals surface area contributed by atoms with Gasteiger partial charge in [-0.15, -0.1) is 0 Å². The monoisotopic (exact) mass is 444 g/mol. The summed E-state index contributed by atoms with van der Waals surface area (Å²) >= 11 is 5.94. The average Bonchev–Trinajstić information content (AvgIpc) is 3.29. The SMILES string of the molecule is COc1ccc(-c2cc(C(=O)NN=C(C)c3ccc(Cl)cc3)n(-c3ccccc3)n2)cc1. The minimum Gasteiger partial charge on any atom is -0.497 e. The number of hydrazone groups is 1. The van der Waals surface area contributed by atoms with Crippen LogP contribution in [0.5, 0.6) is 5.75 Å². The van der Waals surface area contributed by atoms with E-state index in [1.54, 1.807) is 30.0 Å². The van der Waals surface area contributed by atoms with Crippen molar-refractivity contribution < 1.29 is 9.53 Å². The molecular formula is C25H21ClN4O2. The number of amides is 1. The summed E-state index contributed by atoms with van der Waals surface area (Å²) in [4.78, 5) is 13.1. The van der Waals surface area contributed by atoms with Crippen LogP contribution >= 0.6 is 11.6 Å². The van der Waals surface area contributed by atoms with E-state index in [4.69, 9.17) is 16.3 Å². The predicted octanol–water partition coefficient (Wildman–Crippen LogP) is 5.36. The van der Waals surface area contributed by atoms with Gasteiger partial charge >= 0.3 is 0 Å². The maximum absolute atomic E-state index is 13.1. The van der Waals surface area contributed by atoms with Gasteiger partial charge in [0.2, 0.25) is 0 Å². The molecule has 1 aromatic heterocycles. The molecule has 0 atom stereocenters. The first-order chi connectivity index (χ1) is 15.5. The first-order valence-electron chi connectivity index (χ1n) is 9.95. The van der Waals surface area contributed by atoms with Gasteiger partial charge in [0.15, 0.2) is 0 Å². The van der Waals surface area contributed by atoms with E-state index in [1.807, 2.05) is 73.7 Å². The van der Waals surface area contributed by atoms with Crippen molar-refractivity contribution >= 4 is 23.2 Å². The zero-order valence-corrected chi connectivity index (χ0v) is 18.4. The normalized spacial score (nSPS) is 11.3. The first kappa shape index (κ1) is 21.3. The molecule has 0 radical (unpaired) electrons. The van der Waals surface area contributed by atoms with Crippen molar-refractivity contribution in [2.24, 2.45) is 5.10 Å². The fourth-order valence-electron chi connectivity index (χ4n) is 3.16. The molecule has 4 aromatic rings. The predicted molar refractivity (Wildman–Crippen MR) is 127 cm³/mol. The molecule has 0 aliphatic rings. The Hall–Kier alpha value is -3.90. The number of rotatable bonds is 6. The molecule has 4 rings (SSSR count). The molecule has 0 saturated heterocycles. The lowest BCUT2D eigenvalue weighted by atomic mass is 10.1. The summed E-state index contributed by atoms with van der Waals surface area (Å²) in [6, 6.07) is 26.0. The lowest BCUT2D eigenvalue weighted by molar-refractivity contribution is 0.0947. The number of para-hydroxylation sites is 1. The number of carbonyl (C=O) groups is 1. The van der Waals surface area contributed by atoms with Crippen molar-refractivity contribution in [3.8, 4) is 22.7 Å². The van der Waals surface area contributed by atoms with Crippen molar-refractivity contribution in [1.29, 1.82) is 0 Å². The van der Waals surface area contributed by atoms with Crippen LogP contribution in [0.4, 0.5) is 0 Å². The highest BCUT2D eigenvalue weighted by molar-refractivity contribution is 6.30. The summed E-state index contributed by atoms with van der Waals surface area (Å²) in [5, 5.41) is 9.57. The number of halogens is 1. The van der Waals surface area contributed by atoms with Crippen LogP contribution in [0, 0.1) is 0 Å². The zero-order chi connectivity index (χ0) is 22.5. The van der Waals surface area contributed by atoms with Gasteiger partial charge in [-0.3, -0.25) is 4.79 Å². The number of methoxy groups -OCH3 is 1. The minimum absolute atomic E-state index is 0.366. The molecule has 1 amide bonds. The zero-order valence-electron chi connectivity index (χ0n) is 17.6. The lowest BCUT2D eigenvalue weighted by Gasteiger charge is -2.07. The molecule has 0 aliphatic carbocycles. The number of hydrogen-bond acceptors (Lipinski definition) is 4. The quantitative estimate of drug-likeness (QED) is 0.321. The lowest BCUT2D eigenvalue weighted by Crippen LogP contribution is -2.22. The van der Waals surface area contributed by atoms with Crippen molar-refractivity contribution in [1.82, 2.24) is 15.2 Å². The van der Waals surface area contributed by atoms with Gasteiger partial charge in [-0.2, -0.15) is 10.2 Å². The number of benzene rings is 3. The van der Waals surface area contributed by atoms with E-state index in [0.29, 0.717) is 22.1 Å². The highest BCUT2D eigenvalue weighted by Gasteiger charge is 2.17. The molecule has 7 heteroatoms. The van der Waals surface area contributed by atoms with Crippen LogP contribution in [0.15, 0.2) is 90.0 Å². The van der Waals surface area contributed by atoms with Crippen molar-refractivity contribution in [3.63, 3.8) is 0 Å². The van der Waals surface area contributed by atoms with Crippen LogP contribution in [0.1, 0.15) is 23.0 Å². The Morgan fingerprint density at radius 2 is 1.69 bits per heavy atom. The summed E-state index contributed by atoms with van der Waals surface area (Å²) in [6.07, 6.45) is 0. The molecule has 0 aliphatic heterocycles. The standard InChI is InChI=1S/C25H21ClN4O2/c1-17(18-8-12-20(26)13-9-18)27-28-25(31)24-16-23(19-10-14-22(32-2)15-11-19)29-30(24)21-6-4-3-5-7-21/h3-16H,1-2H3,(H,28,31). The van der Waals surface area contributed by atoms with Gasteiger partial charge in [0.1, 0.15) is 11.4 Å². The second kappa shape index (κ2) is 9.49. The summed E-state index contributed by atoms with van der Waals surface area (Å²) in [7, 11) is 1.62. The molecule has 160 valence electrons. The van der Waals surface area contributed by atoms with Crippen LogP contribution in [0.2, 0.25) is 5.02 Å². The molecule has 6 nitrogen and oxygen atoms in total. The first-order valence-corrected chi connectivity index (χ1v) is 10.3. The Labute approximate surface area is 191 Å². The van der Waals surface area contributed by atoms with Crippen LogP contribution in [-0.2, 0) is 0 Å². The van der Waals surface area contributed by atoms with Crippen LogP contribution in [-0.4, -0.2) is 28.5 Å². The Kier molecular flexibility index (Phi) is 6.33. The Bertz CT molecular complexity index is 1250. The third-order valence-electron chi connectivity index (χ3n) is 4.92. The number of nitrogens with zero attached hydrogens (tertiary/aromatic N) is 3. The Morgan fingerprint density at radius 1 is 1.00 bits per heavy atom. The third-order valence-corrected chi connectivity index (χ3v) is 5.17. The molecular weight excluding hydrogens is 424 g/mol. The molecule has 0 saturated carbocycles. The van der Waals surface area contributed by atoms with Gasteiger partial charge in [-0.05, 0) is 67.1 Å². The second-order valence-corrected chi connectivity index (χ2v) is 7.47. The Morgan fingerprint density at radius 3 is 2.34 bits per heavy atom. The molecule has 0 fully saturated rings. The van der Waals surface area contributed by atoms with E-state index in [9.17, 15) is 4.79 Å². The van der Waals surface area contributed by atoms with E-state index in [-0.39, 0.29) is 5.91 Å².